The Morgan fingerprint density at radius 3 is 2.18 bits per heavy atom. The number of benzene rings is 3. The number of carbonyl (C=O) groups excluding carboxylic acids is 2. The number of aliphatic hydroxyl groups is 3. The van der Waals surface area contributed by atoms with Crippen LogP contribution < -0.4 is 14.2 Å². The van der Waals surface area contributed by atoms with Gasteiger partial charge < -0.3 is 48.5 Å². The van der Waals surface area contributed by atoms with E-state index in [2.05, 4.69) is 4.98 Å². The maximum Gasteiger partial charge on any atom is 0.416 e. The van der Waals surface area contributed by atoms with Crippen molar-refractivity contribution in [3.8, 4) is 28.7 Å². The van der Waals surface area contributed by atoms with Gasteiger partial charge in [-0.05, 0) is 61.0 Å². The molecule has 0 aliphatic carbocycles. The Kier molecular flexibility index (Phi) is 11.7. The van der Waals surface area contributed by atoms with Gasteiger partial charge in [0.15, 0.2) is 6.10 Å². The van der Waals surface area contributed by atoms with Gasteiger partial charge in [-0.3, -0.25) is 9.69 Å². The second kappa shape index (κ2) is 16.3. The van der Waals surface area contributed by atoms with E-state index < -0.39 is 55.3 Å². The summed E-state index contributed by atoms with van der Waals surface area (Å²) < 4.78 is 32.4. The van der Waals surface area contributed by atoms with Crippen molar-refractivity contribution in [1.29, 1.82) is 0 Å². The molecule has 1 aliphatic rings. The van der Waals surface area contributed by atoms with Crippen LogP contribution in [0.25, 0.3) is 11.5 Å². The fraction of sp³-hybridized carbons (Fsp3) is 0.314. The molecule has 15 nitrogen and oxygen atoms in total. The van der Waals surface area contributed by atoms with Crippen LogP contribution in [-0.4, -0.2) is 99.3 Å². The average Bonchev–Trinajstić information content (AvgIpc) is 3.49. The molecule has 4 aromatic rings. The van der Waals surface area contributed by atoms with Crippen LogP contribution in [0.5, 0.6) is 17.2 Å². The molecule has 1 fully saturated rings. The fourth-order valence-electron chi connectivity index (χ4n) is 5.01. The molecule has 1 saturated heterocycles. The number of aromatic nitrogens is 1. The summed E-state index contributed by atoms with van der Waals surface area (Å²) in [5.74, 6) is -0.309. The molecular formula is C35H36N2O13. The van der Waals surface area contributed by atoms with Gasteiger partial charge in [0.25, 0.3) is 0 Å². The molecule has 0 saturated carbocycles. The molecule has 1 amide bonds. The lowest BCUT2D eigenvalue weighted by Crippen LogP contribution is -2.60. The smallest absolute Gasteiger partial charge is 0.416 e. The fourth-order valence-corrected chi connectivity index (χ4v) is 5.01. The molecule has 0 bridgehead atoms. The molecule has 0 spiro atoms. The molecule has 1 aliphatic heterocycles. The lowest BCUT2D eigenvalue weighted by atomic mass is 9.99. The van der Waals surface area contributed by atoms with Crippen molar-refractivity contribution in [3.05, 3.63) is 95.9 Å². The molecule has 5 atom stereocenters. The number of methoxy groups -OCH3 is 1. The maximum atomic E-state index is 13.3. The Hall–Kier alpha value is -5.48. The molecular weight excluding hydrogens is 656 g/mol. The van der Waals surface area contributed by atoms with Crippen molar-refractivity contribution in [1.82, 2.24) is 9.88 Å². The van der Waals surface area contributed by atoms with Crippen molar-refractivity contribution >= 4 is 18.0 Å². The summed E-state index contributed by atoms with van der Waals surface area (Å²) in [7, 11) is 1.48. The minimum absolute atomic E-state index is 0.141. The highest BCUT2D eigenvalue weighted by Crippen LogP contribution is 2.25. The highest BCUT2D eigenvalue weighted by Gasteiger charge is 2.48. The van der Waals surface area contributed by atoms with Crippen LogP contribution in [-0.2, 0) is 32.0 Å². The van der Waals surface area contributed by atoms with Crippen molar-refractivity contribution in [2.75, 3.05) is 20.3 Å². The first-order valence-corrected chi connectivity index (χ1v) is 15.5. The van der Waals surface area contributed by atoms with Gasteiger partial charge in [0, 0.05) is 18.5 Å². The Bertz CT molecular complexity index is 1740. The maximum absolute atomic E-state index is 13.3. The zero-order chi connectivity index (χ0) is 35.8. The third-order valence-corrected chi connectivity index (χ3v) is 7.72. The van der Waals surface area contributed by atoms with Gasteiger partial charge in [-0.25, -0.2) is 14.6 Å². The quantitative estimate of drug-likeness (QED) is 0.149. The van der Waals surface area contributed by atoms with Crippen LogP contribution in [0.15, 0.2) is 83.3 Å². The number of ether oxygens (including phenoxy) is 5. The van der Waals surface area contributed by atoms with Crippen LogP contribution in [0.3, 0.4) is 0 Å². The van der Waals surface area contributed by atoms with E-state index in [4.69, 9.17) is 28.1 Å². The van der Waals surface area contributed by atoms with Gasteiger partial charge in [0.05, 0.1) is 19.4 Å². The number of oxazole rings is 1. The summed E-state index contributed by atoms with van der Waals surface area (Å²) in [4.78, 5) is 43.2. The first-order valence-electron chi connectivity index (χ1n) is 15.5. The van der Waals surface area contributed by atoms with Crippen LogP contribution in [0, 0.1) is 6.92 Å². The highest BCUT2D eigenvalue weighted by atomic mass is 16.7. The van der Waals surface area contributed by atoms with Gasteiger partial charge in [0.1, 0.15) is 47.9 Å². The number of hydrogen-bond acceptors (Lipinski definition) is 13. The molecule has 1 aromatic heterocycles. The van der Waals surface area contributed by atoms with Crippen molar-refractivity contribution in [2.24, 2.45) is 0 Å². The lowest BCUT2D eigenvalue weighted by Gasteiger charge is -2.38. The molecule has 0 radical (unpaired) electrons. The van der Waals surface area contributed by atoms with Crippen molar-refractivity contribution in [3.63, 3.8) is 0 Å². The lowest BCUT2D eigenvalue weighted by molar-refractivity contribution is -0.286. The van der Waals surface area contributed by atoms with Gasteiger partial charge >= 0.3 is 18.0 Å². The van der Waals surface area contributed by atoms with E-state index >= 15 is 0 Å². The monoisotopic (exact) mass is 692 g/mol. The molecule has 15 heteroatoms. The molecule has 2 heterocycles. The Labute approximate surface area is 286 Å². The number of nitrogens with zero attached hydrogens (tertiary/aromatic N) is 2. The molecule has 264 valence electrons. The minimum atomic E-state index is -1.98. The second-order valence-electron chi connectivity index (χ2n) is 11.3. The summed E-state index contributed by atoms with van der Waals surface area (Å²) in [6.45, 7) is 1.29. The zero-order valence-electron chi connectivity index (χ0n) is 27.1. The summed E-state index contributed by atoms with van der Waals surface area (Å²) in [5, 5.41) is 39.5. The number of carbonyl (C=O) groups is 3. The Morgan fingerprint density at radius 2 is 1.52 bits per heavy atom. The predicted octanol–water partition coefficient (Wildman–Crippen LogP) is 2.72. The summed E-state index contributed by atoms with van der Waals surface area (Å²) >= 11 is 0. The summed E-state index contributed by atoms with van der Waals surface area (Å²) in [6, 6.07) is 22.5. The van der Waals surface area contributed by atoms with Gasteiger partial charge in [-0.15, -0.1) is 0 Å². The summed E-state index contributed by atoms with van der Waals surface area (Å²) in [6.07, 6.45) is -10.3. The SMILES string of the molecule is COc1ccc(OC(=O)N(CC(=O)O[C@H]2OC(C(=O)O)[C@H](O)C(O)C2O)Cc2ccc(OCCc3nc(-c4ccccc4)oc3C)cc2)cc1. The van der Waals surface area contributed by atoms with Crippen LogP contribution in [0.2, 0.25) is 0 Å². The number of esters is 1. The highest BCUT2D eigenvalue weighted by molar-refractivity contribution is 5.79. The summed E-state index contributed by atoms with van der Waals surface area (Å²) in [5.41, 5.74) is 2.22. The van der Waals surface area contributed by atoms with E-state index in [-0.39, 0.29) is 12.3 Å². The topological polar surface area (TPSA) is 208 Å². The number of hydrogen-bond donors (Lipinski definition) is 4. The van der Waals surface area contributed by atoms with Gasteiger partial charge in [-0.1, -0.05) is 30.3 Å². The molecule has 5 rings (SSSR count). The molecule has 3 unspecified atom stereocenters. The van der Waals surface area contributed by atoms with E-state index in [0.29, 0.717) is 41.7 Å². The zero-order valence-corrected chi connectivity index (χ0v) is 27.1. The van der Waals surface area contributed by atoms with Crippen molar-refractivity contribution < 1.29 is 62.9 Å². The first kappa shape index (κ1) is 35.8. The van der Waals surface area contributed by atoms with E-state index in [1.165, 1.54) is 19.2 Å². The van der Waals surface area contributed by atoms with E-state index in [1.807, 2.05) is 37.3 Å². The number of aliphatic hydroxyl groups excluding tert-OH is 3. The standard InChI is InChI=1S/C35H36N2O13/c1-20-26(36-32(47-20)22-6-4-3-5-7-22)16-17-46-24-10-8-21(9-11-24)18-37(35(44)48-25-14-12-23(45-2)13-15-25)19-27(38)49-34-30(41)28(39)29(40)31(50-34)33(42)43/h3-15,28-31,34,39-41H,16-19H2,1-2H3,(H,42,43)/t28?,29-,30?,31?,34+/m1/s1. The average molecular weight is 693 g/mol. The number of aryl methyl sites for hydroxylation is 1. The largest absolute Gasteiger partial charge is 0.497 e. The predicted molar refractivity (Wildman–Crippen MR) is 172 cm³/mol. The van der Waals surface area contributed by atoms with Crippen LogP contribution in [0.4, 0.5) is 4.79 Å². The van der Waals surface area contributed by atoms with E-state index in [9.17, 15) is 34.8 Å². The van der Waals surface area contributed by atoms with Gasteiger partial charge in [0.2, 0.25) is 12.2 Å². The minimum Gasteiger partial charge on any atom is -0.497 e. The van der Waals surface area contributed by atoms with Crippen molar-refractivity contribution in [2.45, 2.75) is 50.6 Å². The van der Waals surface area contributed by atoms with E-state index in [0.717, 1.165) is 16.2 Å². The van der Waals surface area contributed by atoms with Gasteiger partial charge in [-0.2, -0.15) is 0 Å². The van der Waals surface area contributed by atoms with Crippen LogP contribution >= 0.6 is 0 Å². The number of carboxylic acid groups (broad SMARTS) is 1. The third-order valence-electron chi connectivity index (χ3n) is 7.72. The Morgan fingerprint density at radius 1 is 0.860 bits per heavy atom. The number of rotatable bonds is 13. The third kappa shape index (κ3) is 8.95. The van der Waals surface area contributed by atoms with Crippen LogP contribution in [0.1, 0.15) is 17.0 Å². The molecule has 4 N–H and O–H groups in total. The normalized spacial score (nSPS) is 20.1. The second-order valence-corrected chi connectivity index (χ2v) is 11.3. The van der Waals surface area contributed by atoms with E-state index in [1.54, 1.807) is 36.4 Å². The number of amides is 1. The Balaban J connectivity index is 1.22. The number of carboxylic acids is 1. The molecule has 3 aromatic carbocycles. The first-order chi connectivity index (χ1) is 24.0. The molecule has 50 heavy (non-hydrogen) atoms. The number of aliphatic carboxylic acids is 1.